The number of carboxylic acid groups (broad SMARTS) is 1. The number of allylic oxidation sites excluding steroid dienone is 1. The van der Waals surface area contributed by atoms with E-state index in [-0.39, 0.29) is 10.7 Å². The molecule has 0 unspecified atom stereocenters. The molecular weight excluding hydrogens is 226 g/mol. The third-order valence-electron chi connectivity index (χ3n) is 1.79. The summed E-state index contributed by atoms with van der Waals surface area (Å²) in [6.07, 6.45) is 4.73. The van der Waals surface area contributed by atoms with Crippen LogP contribution in [-0.4, -0.2) is 21.2 Å². The average Bonchev–Trinajstić information content (AvgIpc) is 2.26. The van der Waals surface area contributed by atoms with Crippen LogP contribution >= 0.6 is 11.8 Å². The van der Waals surface area contributed by atoms with E-state index in [2.05, 4.69) is 4.98 Å². The van der Waals surface area contributed by atoms with E-state index in [4.69, 9.17) is 5.11 Å². The highest BCUT2D eigenvalue weighted by molar-refractivity contribution is 8.04. The number of aromatic hydroxyl groups is 1. The minimum Gasteiger partial charge on any atom is -0.505 e. The fourth-order valence-corrected chi connectivity index (χ4v) is 1.80. The summed E-state index contributed by atoms with van der Waals surface area (Å²) in [6.45, 7) is 1.97. The molecular formula is C11H13NO3S. The first-order chi connectivity index (χ1) is 7.65. The number of aromatic nitrogens is 1. The van der Waals surface area contributed by atoms with E-state index < -0.39 is 5.97 Å². The fraction of sp³-hybridized carbons (Fsp3) is 0.273. The Morgan fingerprint density at radius 2 is 2.38 bits per heavy atom. The lowest BCUT2D eigenvalue weighted by molar-refractivity contribution is -0.131. The number of unbranched alkanes of at least 4 members (excludes halogenated alkanes) is 1. The van der Waals surface area contributed by atoms with Gasteiger partial charge in [0.2, 0.25) is 0 Å². The number of carbonyl (C=O) groups is 1. The Morgan fingerprint density at radius 1 is 1.62 bits per heavy atom. The molecule has 0 radical (unpaired) electrons. The Labute approximate surface area is 98.0 Å². The van der Waals surface area contributed by atoms with Crippen LogP contribution in [0.25, 0.3) is 0 Å². The second-order valence-corrected chi connectivity index (χ2v) is 4.12. The first-order valence-corrected chi connectivity index (χ1v) is 5.72. The van der Waals surface area contributed by atoms with Crippen LogP contribution in [0.4, 0.5) is 0 Å². The molecule has 0 aliphatic rings. The Morgan fingerprint density at radius 3 is 2.94 bits per heavy atom. The molecule has 0 aliphatic heterocycles. The predicted molar refractivity (Wildman–Crippen MR) is 62.4 cm³/mol. The molecule has 0 spiro atoms. The SMILES string of the molecule is CCC/C=C(\Sc1ncccc1O)C(=O)O. The quantitative estimate of drug-likeness (QED) is 0.610. The van der Waals surface area contributed by atoms with Gasteiger partial charge in [0.05, 0.1) is 4.91 Å². The highest BCUT2D eigenvalue weighted by Gasteiger charge is 2.12. The molecule has 1 heterocycles. The van der Waals surface area contributed by atoms with Crippen LogP contribution in [0.15, 0.2) is 34.3 Å². The monoisotopic (exact) mass is 239 g/mol. The summed E-state index contributed by atoms with van der Waals surface area (Å²) < 4.78 is 0. The van der Waals surface area contributed by atoms with Gasteiger partial charge in [-0.2, -0.15) is 0 Å². The van der Waals surface area contributed by atoms with Crippen LogP contribution in [0.2, 0.25) is 0 Å². The molecule has 0 fully saturated rings. The van der Waals surface area contributed by atoms with Crippen LogP contribution in [0, 0.1) is 0 Å². The van der Waals surface area contributed by atoms with E-state index in [0.29, 0.717) is 11.4 Å². The molecule has 0 aromatic carbocycles. The third kappa shape index (κ3) is 3.58. The van der Waals surface area contributed by atoms with Crippen molar-refractivity contribution < 1.29 is 15.0 Å². The number of thioether (sulfide) groups is 1. The topological polar surface area (TPSA) is 70.4 Å². The zero-order valence-electron chi connectivity index (χ0n) is 8.88. The van der Waals surface area contributed by atoms with Crippen molar-refractivity contribution in [3.8, 4) is 5.75 Å². The molecule has 0 bridgehead atoms. The maximum atomic E-state index is 10.9. The van der Waals surface area contributed by atoms with Crippen LogP contribution in [0.1, 0.15) is 19.8 Å². The number of hydrogen-bond acceptors (Lipinski definition) is 4. The Balaban J connectivity index is 2.84. The molecule has 86 valence electrons. The van der Waals surface area contributed by atoms with E-state index in [1.54, 1.807) is 12.1 Å². The fourth-order valence-electron chi connectivity index (χ4n) is 1.01. The van der Waals surface area contributed by atoms with E-state index in [1.165, 1.54) is 12.3 Å². The molecule has 2 N–H and O–H groups in total. The van der Waals surface area contributed by atoms with Crippen molar-refractivity contribution in [2.24, 2.45) is 0 Å². The lowest BCUT2D eigenvalue weighted by Crippen LogP contribution is -1.97. The van der Waals surface area contributed by atoms with E-state index in [9.17, 15) is 9.90 Å². The van der Waals surface area contributed by atoms with Gasteiger partial charge in [-0.25, -0.2) is 9.78 Å². The number of nitrogens with zero attached hydrogens (tertiary/aromatic N) is 1. The molecule has 0 atom stereocenters. The van der Waals surface area contributed by atoms with Gasteiger partial charge in [-0.15, -0.1) is 0 Å². The van der Waals surface area contributed by atoms with Crippen LogP contribution in [-0.2, 0) is 4.79 Å². The highest BCUT2D eigenvalue weighted by atomic mass is 32.2. The van der Waals surface area contributed by atoms with Crippen molar-refractivity contribution in [3.63, 3.8) is 0 Å². The van der Waals surface area contributed by atoms with Gasteiger partial charge in [-0.3, -0.25) is 0 Å². The molecule has 1 aromatic rings. The first kappa shape index (κ1) is 12.6. The highest BCUT2D eigenvalue weighted by Crippen LogP contribution is 2.31. The Hall–Kier alpha value is -1.49. The van der Waals surface area contributed by atoms with E-state index in [0.717, 1.165) is 18.2 Å². The zero-order valence-corrected chi connectivity index (χ0v) is 9.70. The van der Waals surface area contributed by atoms with Crippen molar-refractivity contribution >= 4 is 17.7 Å². The summed E-state index contributed by atoms with van der Waals surface area (Å²) in [5, 5.41) is 18.7. The van der Waals surface area contributed by atoms with Crippen molar-refractivity contribution in [2.45, 2.75) is 24.8 Å². The van der Waals surface area contributed by atoms with E-state index >= 15 is 0 Å². The molecule has 0 saturated carbocycles. The van der Waals surface area contributed by atoms with Gasteiger partial charge < -0.3 is 10.2 Å². The van der Waals surface area contributed by atoms with Crippen LogP contribution < -0.4 is 0 Å². The average molecular weight is 239 g/mol. The maximum absolute atomic E-state index is 10.9. The third-order valence-corrected chi connectivity index (χ3v) is 2.86. The maximum Gasteiger partial charge on any atom is 0.342 e. The number of pyridine rings is 1. The molecule has 1 aromatic heterocycles. The van der Waals surface area contributed by atoms with Gasteiger partial charge in [-0.1, -0.05) is 31.2 Å². The molecule has 0 aliphatic carbocycles. The van der Waals surface area contributed by atoms with Crippen molar-refractivity contribution in [2.75, 3.05) is 0 Å². The number of carboxylic acids is 1. The Kier molecular flexibility index (Phi) is 4.85. The zero-order chi connectivity index (χ0) is 12.0. The van der Waals surface area contributed by atoms with Gasteiger partial charge in [0, 0.05) is 6.20 Å². The minimum atomic E-state index is -0.997. The van der Waals surface area contributed by atoms with Gasteiger partial charge in [0.15, 0.2) is 0 Å². The lowest BCUT2D eigenvalue weighted by atomic mass is 10.3. The summed E-state index contributed by atoms with van der Waals surface area (Å²) in [4.78, 5) is 15.0. The summed E-state index contributed by atoms with van der Waals surface area (Å²) in [7, 11) is 0. The summed E-state index contributed by atoms with van der Waals surface area (Å²) in [5.41, 5.74) is 0. The van der Waals surface area contributed by atoms with Crippen molar-refractivity contribution in [1.82, 2.24) is 4.98 Å². The summed E-state index contributed by atoms with van der Waals surface area (Å²) in [5.74, 6) is -1.00. The van der Waals surface area contributed by atoms with Crippen LogP contribution in [0.5, 0.6) is 5.75 Å². The molecule has 4 nitrogen and oxygen atoms in total. The van der Waals surface area contributed by atoms with E-state index in [1.807, 2.05) is 6.92 Å². The summed E-state index contributed by atoms with van der Waals surface area (Å²) in [6, 6.07) is 3.07. The minimum absolute atomic E-state index is 0.00357. The molecule has 1 rings (SSSR count). The summed E-state index contributed by atoms with van der Waals surface area (Å²) >= 11 is 0.964. The Bertz CT molecular complexity index is 404. The van der Waals surface area contributed by atoms with Gasteiger partial charge >= 0.3 is 5.97 Å². The molecule has 0 saturated heterocycles. The van der Waals surface area contributed by atoms with Gasteiger partial charge in [0.1, 0.15) is 10.8 Å². The van der Waals surface area contributed by atoms with Gasteiger partial charge in [0.25, 0.3) is 0 Å². The smallest absolute Gasteiger partial charge is 0.342 e. The van der Waals surface area contributed by atoms with Crippen molar-refractivity contribution in [3.05, 3.63) is 29.3 Å². The second kappa shape index (κ2) is 6.17. The molecule has 16 heavy (non-hydrogen) atoms. The van der Waals surface area contributed by atoms with Crippen LogP contribution in [0.3, 0.4) is 0 Å². The second-order valence-electron chi connectivity index (χ2n) is 3.09. The lowest BCUT2D eigenvalue weighted by Gasteiger charge is -2.03. The normalized spacial score (nSPS) is 11.4. The first-order valence-electron chi connectivity index (χ1n) is 4.90. The number of hydrogen-bond donors (Lipinski definition) is 2. The number of rotatable bonds is 5. The molecule has 5 heteroatoms. The predicted octanol–water partition coefficient (Wildman–Crippen LogP) is 2.65. The molecule has 0 amide bonds. The van der Waals surface area contributed by atoms with Crippen molar-refractivity contribution in [1.29, 1.82) is 0 Å². The van der Waals surface area contributed by atoms with Gasteiger partial charge in [-0.05, 0) is 18.6 Å². The standard InChI is InChI=1S/C11H13NO3S/c1-2-3-6-9(11(14)15)16-10-8(13)5-4-7-12-10/h4-7,13H,2-3H2,1H3,(H,14,15)/b9-6-. The largest absolute Gasteiger partial charge is 0.505 e. The number of aliphatic carboxylic acids is 1.